The first-order valence-electron chi connectivity index (χ1n) is 8.68. The van der Waals surface area contributed by atoms with Crippen molar-refractivity contribution in [2.75, 3.05) is 52.4 Å². The number of carbonyl (C=O) groups excluding carboxylic acids is 1. The molecule has 0 aliphatic carbocycles. The van der Waals surface area contributed by atoms with Crippen LogP contribution in [0.15, 0.2) is 18.2 Å². The van der Waals surface area contributed by atoms with E-state index in [1.54, 1.807) is 25.1 Å². The van der Waals surface area contributed by atoms with Crippen LogP contribution in [0.3, 0.4) is 0 Å². The summed E-state index contributed by atoms with van der Waals surface area (Å²) in [5, 5.41) is 9.78. The second kappa shape index (κ2) is 7.32. The Bertz CT molecular complexity index is 547. The number of nitrogens with zero attached hydrogens (tertiary/aromatic N) is 3. The molecule has 2 aliphatic rings. The van der Waals surface area contributed by atoms with Crippen LogP contribution in [-0.2, 0) is 0 Å². The summed E-state index contributed by atoms with van der Waals surface area (Å²) in [5.41, 5.74) is 1.30. The van der Waals surface area contributed by atoms with Gasteiger partial charge in [-0.2, -0.15) is 0 Å². The fraction of sp³-hybridized carbons (Fsp3) is 0.611. The van der Waals surface area contributed by atoms with Gasteiger partial charge in [0.05, 0.1) is 0 Å². The van der Waals surface area contributed by atoms with Gasteiger partial charge < -0.3 is 14.9 Å². The number of carbonyl (C=O) groups is 1. The van der Waals surface area contributed by atoms with Gasteiger partial charge in [0.15, 0.2) is 0 Å². The molecule has 0 atom stereocenters. The molecule has 1 aromatic rings. The molecule has 2 saturated heterocycles. The van der Waals surface area contributed by atoms with Crippen molar-refractivity contribution in [2.45, 2.75) is 19.8 Å². The number of piperazine rings is 1. The molecule has 0 unspecified atom stereocenters. The molecule has 5 nitrogen and oxygen atoms in total. The third kappa shape index (κ3) is 3.85. The van der Waals surface area contributed by atoms with Gasteiger partial charge in [-0.3, -0.25) is 9.69 Å². The molecule has 2 fully saturated rings. The molecule has 5 heteroatoms. The highest BCUT2D eigenvalue weighted by Gasteiger charge is 2.24. The molecule has 1 aromatic carbocycles. The highest BCUT2D eigenvalue weighted by molar-refractivity contribution is 5.96. The molecule has 3 rings (SSSR count). The van der Waals surface area contributed by atoms with Gasteiger partial charge in [-0.15, -0.1) is 0 Å². The van der Waals surface area contributed by atoms with Crippen molar-refractivity contribution in [1.29, 1.82) is 0 Å². The Kier molecular flexibility index (Phi) is 5.18. The van der Waals surface area contributed by atoms with Gasteiger partial charge in [-0.1, -0.05) is 6.07 Å². The first-order valence-corrected chi connectivity index (χ1v) is 8.68. The maximum Gasteiger partial charge on any atom is 0.254 e. The van der Waals surface area contributed by atoms with Crippen LogP contribution in [0.1, 0.15) is 28.8 Å². The monoisotopic (exact) mass is 317 g/mol. The van der Waals surface area contributed by atoms with Gasteiger partial charge in [0.1, 0.15) is 5.75 Å². The Morgan fingerprint density at radius 3 is 2.26 bits per heavy atom. The van der Waals surface area contributed by atoms with Crippen LogP contribution in [0.4, 0.5) is 0 Å². The molecule has 126 valence electrons. The third-order valence-electron chi connectivity index (χ3n) is 5.13. The molecule has 23 heavy (non-hydrogen) atoms. The topological polar surface area (TPSA) is 47.0 Å². The van der Waals surface area contributed by atoms with Gasteiger partial charge in [-0.25, -0.2) is 0 Å². The number of amides is 1. The van der Waals surface area contributed by atoms with Crippen LogP contribution in [0, 0.1) is 6.92 Å². The maximum absolute atomic E-state index is 12.6. The highest BCUT2D eigenvalue weighted by atomic mass is 16.3. The molecule has 0 aromatic heterocycles. The Hall–Kier alpha value is -1.59. The Morgan fingerprint density at radius 1 is 1.00 bits per heavy atom. The summed E-state index contributed by atoms with van der Waals surface area (Å²) < 4.78 is 0. The van der Waals surface area contributed by atoms with E-state index in [2.05, 4.69) is 9.80 Å². The smallest absolute Gasteiger partial charge is 0.254 e. The van der Waals surface area contributed by atoms with E-state index in [0.29, 0.717) is 11.1 Å². The normalized spacial score (nSPS) is 20.1. The molecule has 0 spiro atoms. The van der Waals surface area contributed by atoms with E-state index < -0.39 is 0 Å². The lowest BCUT2D eigenvalue weighted by Gasteiger charge is -2.35. The van der Waals surface area contributed by atoms with Crippen LogP contribution >= 0.6 is 0 Å². The fourth-order valence-corrected chi connectivity index (χ4v) is 3.49. The van der Waals surface area contributed by atoms with Gasteiger partial charge in [0.25, 0.3) is 5.91 Å². The summed E-state index contributed by atoms with van der Waals surface area (Å²) in [4.78, 5) is 19.5. The summed E-state index contributed by atoms with van der Waals surface area (Å²) in [6, 6.07) is 5.17. The van der Waals surface area contributed by atoms with Crippen molar-refractivity contribution < 1.29 is 9.90 Å². The van der Waals surface area contributed by atoms with Crippen LogP contribution in [0.5, 0.6) is 5.75 Å². The number of hydrogen-bond acceptors (Lipinski definition) is 4. The molecular weight excluding hydrogens is 290 g/mol. The molecule has 0 saturated carbocycles. The lowest BCUT2D eigenvalue weighted by atomic mass is 10.1. The Balaban J connectivity index is 1.50. The van der Waals surface area contributed by atoms with E-state index in [1.165, 1.54) is 25.9 Å². The molecule has 1 N–H and O–H groups in total. The van der Waals surface area contributed by atoms with E-state index in [4.69, 9.17) is 0 Å². The van der Waals surface area contributed by atoms with E-state index in [-0.39, 0.29) is 11.7 Å². The predicted molar refractivity (Wildman–Crippen MR) is 90.9 cm³/mol. The third-order valence-corrected chi connectivity index (χ3v) is 5.13. The van der Waals surface area contributed by atoms with Crippen LogP contribution in [-0.4, -0.2) is 78.1 Å². The molecule has 2 heterocycles. The molecule has 1 amide bonds. The summed E-state index contributed by atoms with van der Waals surface area (Å²) in [7, 11) is 0. The second-order valence-corrected chi connectivity index (χ2v) is 6.63. The first kappa shape index (κ1) is 16.3. The van der Waals surface area contributed by atoms with Gasteiger partial charge in [-0.05, 0) is 45.0 Å². The lowest BCUT2D eigenvalue weighted by Crippen LogP contribution is -2.50. The average Bonchev–Trinajstić information content (AvgIpc) is 3.09. The largest absolute Gasteiger partial charge is 0.508 e. The van der Waals surface area contributed by atoms with Gasteiger partial charge in [0, 0.05) is 50.4 Å². The van der Waals surface area contributed by atoms with Crippen molar-refractivity contribution in [2.24, 2.45) is 0 Å². The fourth-order valence-electron chi connectivity index (χ4n) is 3.49. The van der Waals surface area contributed by atoms with E-state index >= 15 is 0 Å². The zero-order valence-electron chi connectivity index (χ0n) is 14.0. The number of rotatable bonds is 4. The van der Waals surface area contributed by atoms with E-state index in [0.717, 1.165) is 39.3 Å². The molecule has 2 aliphatic heterocycles. The van der Waals surface area contributed by atoms with Crippen LogP contribution in [0.2, 0.25) is 0 Å². The molecule has 0 radical (unpaired) electrons. The summed E-state index contributed by atoms with van der Waals surface area (Å²) >= 11 is 0. The van der Waals surface area contributed by atoms with Crippen molar-refractivity contribution in [3.05, 3.63) is 29.3 Å². The average molecular weight is 317 g/mol. The zero-order valence-corrected chi connectivity index (χ0v) is 14.0. The number of benzene rings is 1. The molecule has 0 bridgehead atoms. The number of aromatic hydroxyl groups is 1. The minimum absolute atomic E-state index is 0.0394. The summed E-state index contributed by atoms with van der Waals surface area (Å²) in [6.07, 6.45) is 2.68. The quantitative estimate of drug-likeness (QED) is 0.915. The number of phenols is 1. The van der Waals surface area contributed by atoms with Crippen LogP contribution in [0.25, 0.3) is 0 Å². The minimum atomic E-state index is 0.0394. The maximum atomic E-state index is 12.6. The Morgan fingerprint density at radius 2 is 1.61 bits per heavy atom. The number of phenolic OH excluding ortho intramolecular Hbond substituents is 1. The van der Waals surface area contributed by atoms with Crippen molar-refractivity contribution in [3.8, 4) is 5.75 Å². The van der Waals surface area contributed by atoms with E-state index in [9.17, 15) is 9.90 Å². The zero-order chi connectivity index (χ0) is 16.2. The lowest BCUT2D eigenvalue weighted by molar-refractivity contribution is 0.0625. The summed E-state index contributed by atoms with van der Waals surface area (Å²) in [5.74, 6) is 0.234. The van der Waals surface area contributed by atoms with Gasteiger partial charge >= 0.3 is 0 Å². The van der Waals surface area contributed by atoms with Gasteiger partial charge in [0.2, 0.25) is 0 Å². The standard InChI is InChI=1S/C18H27N3O2/c1-15-16(5-4-6-17(15)22)18(23)21-13-11-20(12-14-21)10-9-19-7-2-3-8-19/h4-6,22H,2-3,7-14H2,1H3. The van der Waals surface area contributed by atoms with Crippen molar-refractivity contribution >= 4 is 5.91 Å². The Labute approximate surface area is 138 Å². The first-order chi connectivity index (χ1) is 11.1. The van der Waals surface area contributed by atoms with Crippen molar-refractivity contribution in [1.82, 2.24) is 14.7 Å². The highest BCUT2D eigenvalue weighted by Crippen LogP contribution is 2.21. The van der Waals surface area contributed by atoms with Crippen LogP contribution < -0.4 is 0 Å². The SMILES string of the molecule is Cc1c(O)cccc1C(=O)N1CCN(CCN2CCCC2)CC1. The number of likely N-dealkylation sites (tertiary alicyclic amines) is 1. The predicted octanol–water partition coefficient (Wildman–Crippen LogP) is 1.55. The second-order valence-electron chi connectivity index (χ2n) is 6.63. The minimum Gasteiger partial charge on any atom is -0.508 e. The van der Waals surface area contributed by atoms with Crippen molar-refractivity contribution in [3.63, 3.8) is 0 Å². The molecular formula is C18H27N3O2. The number of hydrogen-bond donors (Lipinski definition) is 1. The summed E-state index contributed by atoms with van der Waals surface area (Å²) in [6.45, 7) is 9.98. The van der Waals surface area contributed by atoms with E-state index in [1.807, 2.05) is 4.90 Å².